The molecule has 1 fully saturated rings. The number of benzene rings is 2. The molecule has 4 heterocycles. The first kappa shape index (κ1) is 22.3. The Hall–Kier alpha value is -3.21. The maximum absolute atomic E-state index is 12.7. The number of piperidine rings is 1. The predicted octanol–water partition coefficient (Wildman–Crippen LogP) is 4.83. The Balaban J connectivity index is 1.59. The van der Waals surface area contributed by atoms with Crippen molar-refractivity contribution >= 4 is 54.1 Å². The summed E-state index contributed by atoms with van der Waals surface area (Å²) in [7, 11) is 1.44. The summed E-state index contributed by atoms with van der Waals surface area (Å²) in [6.45, 7) is 9.10. The van der Waals surface area contributed by atoms with Crippen molar-refractivity contribution in [1.29, 1.82) is 0 Å². The molecular formula is C29H26N2O3Se. The number of anilines is 3. The zero-order valence-electron chi connectivity index (χ0n) is 20.4. The number of para-hydroxylation sites is 2. The number of hydrogen-bond donors (Lipinski definition) is 0. The number of Topliss-reactive ketones (excluding diaryl/α,β-unsaturated/α-hetero) is 1. The summed E-state index contributed by atoms with van der Waals surface area (Å²) < 4.78 is 2.23. The molecule has 2 amide bonds. The molecule has 35 heavy (non-hydrogen) atoms. The summed E-state index contributed by atoms with van der Waals surface area (Å²) in [4.78, 5) is 40.7. The van der Waals surface area contributed by atoms with E-state index in [1.165, 1.54) is 45.2 Å². The Morgan fingerprint density at radius 2 is 1.49 bits per heavy atom. The fourth-order valence-corrected chi connectivity index (χ4v) is 8.43. The van der Waals surface area contributed by atoms with E-state index in [0.29, 0.717) is 0 Å². The summed E-state index contributed by atoms with van der Waals surface area (Å²) in [5.41, 5.74) is 7.32. The average molecular weight is 529 g/mol. The molecule has 0 bridgehead atoms. The number of hydrogen-bond acceptors (Lipinski definition) is 4. The Morgan fingerprint density at radius 1 is 0.857 bits per heavy atom. The average Bonchev–Trinajstić information content (AvgIpc) is 3.25. The van der Waals surface area contributed by atoms with Crippen LogP contribution in [-0.4, -0.2) is 44.0 Å². The summed E-state index contributed by atoms with van der Waals surface area (Å²) >= 11 is -0.112. The Bertz CT molecular complexity index is 1510. The predicted molar refractivity (Wildman–Crippen MR) is 138 cm³/mol. The first-order valence-electron chi connectivity index (χ1n) is 11.8. The molecule has 176 valence electrons. The number of likely N-dealkylation sites (tertiary alicyclic amines) is 1. The number of ketones is 1. The topological polar surface area (TPSA) is 57.7 Å². The Labute approximate surface area is 210 Å². The Morgan fingerprint density at radius 3 is 2.20 bits per heavy atom. The Kier molecular flexibility index (Phi) is 4.55. The summed E-state index contributed by atoms with van der Waals surface area (Å²) in [6, 6.07) is 17.4. The van der Waals surface area contributed by atoms with E-state index in [1.54, 1.807) is 6.08 Å². The number of imide groups is 1. The molecule has 3 aliphatic heterocycles. The molecule has 1 saturated heterocycles. The summed E-state index contributed by atoms with van der Waals surface area (Å²) in [6.07, 6.45) is 1.48. The molecule has 3 aliphatic rings. The van der Waals surface area contributed by atoms with Crippen molar-refractivity contribution < 1.29 is 14.4 Å². The molecule has 0 radical (unpaired) electrons. The van der Waals surface area contributed by atoms with Crippen LogP contribution in [0.3, 0.4) is 0 Å². The monoisotopic (exact) mass is 530 g/mol. The molecule has 0 unspecified atom stereocenters. The van der Waals surface area contributed by atoms with Crippen molar-refractivity contribution in [3.05, 3.63) is 80.8 Å². The molecule has 6 heteroatoms. The van der Waals surface area contributed by atoms with E-state index >= 15 is 0 Å². The van der Waals surface area contributed by atoms with Gasteiger partial charge in [-0.25, -0.2) is 0 Å². The van der Waals surface area contributed by atoms with Crippen molar-refractivity contribution in [3.8, 4) is 0 Å². The van der Waals surface area contributed by atoms with E-state index in [9.17, 15) is 14.4 Å². The van der Waals surface area contributed by atoms with Crippen LogP contribution in [0.2, 0.25) is 0 Å². The van der Waals surface area contributed by atoms with Gasteiger partial charge in [0.25, 0.3) is 0 Å². The van der Waals surface area contributed by atoms with Crippen LogP contribution in [0.25, 0.3) is 6.08 Å². The zero-order valence-corrected chi connectivity index (χ0v) is 22.1. The van der Waals surface area contributed by atoms with E-state index < -0.39 is 17.6 Å². The van der Waals surface area contributed by atoms with Crippen molar-refractivity contribution in [2.75, 3.05) is 11.9 Å². The maximum atomic E-state index is 12.7. The third-order valence-electron chi connectivity index (χ3n) is 7.84. The van der Waals surface area contributed by atoms with Crippen LogP contribution >= 0.6 is 0 Å². The first-order valence-corrected chi connectivity index (χ1v) is 13.5. The van der Waals surface area contributed by atoms with E-state index in [2.05, 4.69) is 81.1 Å². The van der Waals surface area contributed by atoms with Gasteiger partial charge < -0.3 is 0 Å². The third kappa shape index (κ3) is 2.90. The number of fused-ring (bicyclic) bond motifs is 4. The van der Waals surface area contributed by atoms with Crippen LogP contribution in [0.5, 0.6) is 0 Å². The number of likely N-dealkylation sites (N-methyl/N-ethyl adjacent to an activating group) is 1. The van der Waals surface area contributed by atoms with Crippen LogP contribution in [-0.2, 0) is 25.2 Å². The van der Waals surface area contributed by atoms with Gasteiger partial charge in [-0.1, -0.05) is 0 Å². The zero-order chi connectivity index (χ0) is 24.9. The second kappa shape index (κ2) is 7.16. The van der Waals surface area contributed by atoms with Crippen molar-refractivity contribution in [2.24, 2.45) is 0 Å². The molecule has 6 rings (SSSR count). The first-order chi connectivity index (χ1) is 16.5. The molecule has 5 nitrogen and oxygen atoms in total. The van der Waals surface area contributed by atoms with Gasteiger partial charge in [0.05, 0.1) is 0 Å². The number of carbonyl (C=O) groups excluding carboxylic acids is 3. The van der Waals surface area contributed by atoms with Crippen LogP contribution in [0, 0.1) is 0 Å². The summed E-state index contributed by atoms with van der Waals surface area (Å²) in [5, 5.41) is 0. The number of amides is 2. The van der Waals surface area contributed by atoms with E-state index in [1.807, 2.05) is 0 Å². The van der Waals surface area contributed by atoms with Gasteiger partial charge in [-0.05, 0) is 0 Å². The minimum atomic E-state index is -0.511. The molecular weight excluding hydrogens is 503 g/mol. The van der Waals surface area contributed by atoms with Gasteiger partial charge in [0.2, 0.25) is 0 Å². The minimum absolute atomic E-state index is 0.108. The van der Waals surface area contributed by atoms with Gasteiger partial charge in [-0.15, -0.1) is 0 Å². The molecule has 0 spiro atoms. The normalized spacial score (nSPS) is 20.6. The molecule has 0 atom stereocenters. The molecule has 0 aliphatic carbocycles. The third-order valence-corrected chi connectivity index (χ3v) is 10.1. The second-order valence-electron chi connectivity index (χ2n) is 10.6. The van der Waals surface area contributed by atoms with Gasteiger partial charge in [-0.2, -0.15) is 0 Å². The van der Waals surface area contributed by atoms with Crippen molar-refractivity contribution in [1.82, 2.24) is 4.90 Å². The van der Waals surface area contributed by atoms with Crippen LogP contribution in [0.1, 0.15) is 60.8 Å². The summed E-state index contributed by atoms with van der Waals surface area (Å²) in [5.74, 6) is -1.35. The number of rotatable bonds is 1. The van der Waals surface area contributed by atoms with Crippen molar-refractivity contribution in [2.45, 2.75) is 44.9 Å². The number of carbonyl (C=O) groups is 3. The molecule has 0 N–H and O–H groups in total. The van der Waals surface area contributed by atoms with E-state index in [4.69, 9.17) is 0 Å². The van der Waals surface area contributed by atoms with Gasteiger partial charge >= 0.3 is 211 Å². The molecule has 1 aromatic heterocycles. The van der Waals surface area contributed by atoms with Gasteiger partial charge in [-0.3, -0.25) is 0 Å². The fraction of sp³-hybridized carbons (Fsp3) is 0.276. The van der Waals surface area contributed by atoms with Gasteiger partial charge in [0.15, 0.2) is 0 Å². The van der Waals surface area contributed by atoms with E-state index in [0.717, 1.165) is 9.34 Å². The van der Waals surface area contributed by atoms with Crippen LogP contribution in [0.4, 0.5) is 15.9 Å². The van der Waals surface area contributed by atoms with Crippen LogP contribution < -0.4 is 4.90 Å². The van der Waals surface area contributed by atoms with Crippen molar-refractivity contribution in [3.63, 3.8) is 0 Å². The quantitative estimate of drug-likeness (QED) is 0.149. The van der Waals surface area contributed by atoms with Crippen LogP contribution in [0.15, 0.2) is 54.1 Å². The fourth-order valence-electron chi connectivity index (χ4n) is 5.75. The molecule has 3 aromatic rings. The molecule has 0 saturated carbocycles. The van der Waals surface area contributed by atoms with E-state index in [-0.39, 0.29) is 37.3 Å². The number of nitrogens with zero attached hydrogens (tertiary/aromatic N) is 2. The standard InChI is InChI=1S/C29H26N2O3Se/c1-28(2)18-9-6-7-12-22(18)31-25-19(28)10-8-11-20(25)29(3,4)21-14-16(35-27(21)31)13-17-23(32)15-24(33)30(5)26(17)34/h6-14H,15H2,1-5H3/b17-13+. The second-order valence-corrected chi connectivity index (χ2v) is 12.8. The van der Waals surface area contributed by atoms with Gasteiger partial charge in [0, 0.05) is 0 Å². The van der Waals surface area contributed by atoms with Gasteiger partial charge in [0.1, 0.15) is 0 Å². The molecule has 2 aromatic carbocycles. The SMILES string of the molecule is CN1C(=O)CC(=O)/C(=C\c2cc3c([se]2)N2c4ccccc4C(C)(C)c4cccc(c42)C3(C)C)C1=O.